The number of pyridine rings is 1. The molecule has 0 aliphatic carbocycles. The molecule has 0 atom stereocenters. The second kappa shape index (κ2) is 2.98. The third-order valence-corrected chi connectivity index (χ3v) is 2.56. The number of H-pyrrole nitrogens is 1. The minimum atomic E-state index is 0.856. The second-order valence-electron chi connectivity index (χ2n) is 3.44. The highest BCUT2D eigenvalue weighted by Gasteiger charge is 2.05. The summed E-state index contributed by atoms with van der Waals surface area (Å²) in [5, 5.41) is 1.10. The molecule has 0 aliphatic heterocycles. The fourth-order valence-electron chi connectivity index (χ4n) is 1.82. The van der Waals surface area contributed by atoms with Crippen molar-refractivity contribution in [2.24, 2.45) is 0 Å². The maximum absolute atomic E-state index is 5.20. The second-order valence-corrected chi connectivity index (χ2v) is 3.44. The number of ether oxygens (including phenoxy) is 1. The number of nitrogens with one attached hydrogen (secondary N) is 1. The van der Waals surface area contributed by atoms with Crippen LogP contribution >= 0.6 is 0 Å². The molecule has 3 rings (SSSR count). The normalized spacial score (nSPS) is 11.0. The van der Waals surface area contributed by atoms with E-state index in [1.54, 1.807) is 13.3 Å². The highest BCUT2D eigenvalue weighted by molar-refractivity contribution is 6.05. The number of hydrogen-bond acceptors (Lipinski definition) is 2. The van der Waals surface area contributed by atoms with E-state index >= 15 is 0 Å². The third-order valence-electron chi connectivity index (χ3n) is 2.56. The Morgan fingerprint density at radius 1 is 1.20 bits per heavy atom. The average Bonchev–Trinajstić information content (AvgIpc) is 2.66. The molecule has 0 spiro atoms. The number of methoxy groups -OCH3 is 1. The quantitative estimate of drug-likeness (QED) is 0.652. The zero-order chi connectivity index (χ0) is 10.3. The zero-order valence-corrected chi connectivity index (χ0v) is 8.32. The van der Waals surface area contributed by atoms with Crippen molar-refractivity contribution in [2.75, 3.05) is 7.11 Å². The Bertz CT molecular complexity index is 628. The summed E-state index contributed by atoms with van der Waals surface area (Å²) in [6.45, 7) is 0. The lowest BCUT2D eigenvalue weighted by Gasteiger charge is -1.98. The Kier molecular flexibility index (Phi) is 1.65. The smallest absolute Gasteiger partial charge is 0.119 e. The highest BCUT2D eigenvalue weighted by Crippen LogP contribution is 2.26. The number of fused-ring (bicyclic) bond motifs is 3. The first-order chi connectivity index (χ1) is 7.38. The first-order valence-electron chi connectivity index (χ1n) is 4.79. The van der Waals surface area contributed by atoms with Crippen molar-refractivity contribution in [3.05, 3.63) is 36.5 Å². The summed E-state index contributed by atoms with van der Waals surface area (Å²) in [4.78, 5) is 7.67. The van der Waals surface area contributed by atoms with Crippen molar-refractivity contribution in [1.29, 1.82) is 0 Å². The molecule has 0 aliphatic rings. The summed E-state index contributed by atoms with van der Waals surface area (Å²) < 4.78 is 5.20. The molecule has 74 valence electrons. The minimum absolute atomic E-state index is 0.856. The molecule has 3 aromatic rings. The van der Waals surface area contributed by atoms with E-state index in [4.69, 9.17) is 4.74 Å². The van der Waals surface area contributed by atoms with Crippen LogP contribution in [0.5, 0.6) is 5.75 Å². The SMILES string of the molecule is COc1ccc2[nH]c3cccnc3c2c1. The molecular formula is C12H10N2O. The van der Waals surface area contributed by atoms with E-state index in [9.17, 15) is 0 Å². The van der Waals surface area contributed by atoms with E-state index in [-0.39, 0.29) is 0 Å². The largest absolute Gasteiger partial charge is 0.497 e. The molecule has 1 aromatic carbocycles. The molecule has 1 N–H and O–H groups in total. The summed E-state index contributed by atoms with van der Waals surface area (Å²) in [6, 6.07) is 9.90. The van der Waals surface area contributed by atoms with Crippen LogP contribution in [0.15, 0.2) is 36.5 Å². The van der Waals surface area contributed by atoms with Crippen LogP contribution < -0.4 is 4.74 Å². The Morgan fingerprint density at radius 3 is 3.00 bits per heavy atom. The first-order valence-corrected chi connectivity index (χ1v) is 4.79. The maximum Gasteiger partial charge on any atom is 0.119 e. The topological polar surface area (TPSA) is 37.9 Å². The number of hydrogen-bond donors (Lipinski definition) is 1. The number of nitrogens with zero attached hydrogens (tertiary/aromatic N) is 1. The first kappa shape index (κ1) is 8.29. The van der Waals surface area contributed by atoms with Crippen LogP contribution in [-0.4, -0.2) is 17.1 Å². The Labute approximate surface area is 86.7 Å². The summed E-state index contributed by atoms with van der Waals surface area (Å²) in [6.07, 6.45) is 1.80. The average molecular weight is 198 g/mol. The van der Waals surface area contributed by atoms with E-state index in [1.165, 1.54) is 0 Å². The monoisotopic (exact) mass is 198 g/mol. The van der Waals surface area contributed by atoms with Crippen LogP contribution in [0.2, 0.25) is 0 Å². The molecule has 0 fully saturated rings. The molecule has 2 heterocycles. The van der Waals surface area contributed by atoms with E-state index < -0.39 is 0 Å². The highest BCUT2D eigenvalue weighted by atomic mass is 16.5. The number of aromatic nitrogens is 2. The summed E-state index contributed by atoms with van der Waals surface area (Å²) in [7, 11) is 1.67. The van der Waals surface area contributed by atoms with Crippen molar-refractivity contribution < 1.29 is 4.74 Å². The van der Waals surface area contributed by atoms with Crippen LogP contribution in [0.25, 0.3) is 21.9 Å². The standard InChI is InChI=1S/C12H10N2O/c1-15-8-4-5-10-9(7-8)12-11(14-10)3-2-6-13-12/h2-7,14H,1H3. The Balaban J connectivity index is 2.46. The molecule has 3 heteroatoms. The van der Waals surface area contributed by atoms with Gasteiger partial charge in [0, 0.05) is 17.1 Å². The fourth-order valence-corrected chi connectivity index (χ4v) is 1.82. The molecule has 0 saturated heterocycles. The maximum atomic E-state index is 5.20. The molecular weight excluding hydrogens is 188 g/mol. The Morgan fingerprint density at radius 2 is 2.13 bits per heavy atom. The van der Waals surface area contributed by atoms with Gasteiger partial charge in [-0.1, -0.05) is 0 Å². The van der Waals surface area contributed by atoms with Gasteiger partial charge in [-0.05, 0) is 30.3 Å². The molecule has 2 aromatic heterocycles. The van der Waals surface area contributed by atoms with E-state index in [2.05, 4.69) is 9.97 Å². The lowest BCUT2D eigenvalue weighted by atomic mass is 10.2. The summed E-state index contributed by atoms with van der Waals surface area (Å²) in [5.74, 6) is 0.856. The molecule has 0 amide bonds. The van der Waals surface area contributed by atoms with E-state index in [0.717, 1.165) is 27.7 Å². The predicted molar refractivity (Wildman–Crippen MR) is 60.2 cm³/mol. The van der Waals surface area contributed by atoms with Gasteiger partial charge in [-0.15, -0.1) is 0 Å². The van der Waals surface area contributed by atoms with Gasteiger partial charge >= 0.3 is 0 Å². The minimum Gasteiger partial charge on any atom is -0.497 e. The van der Waals surface area contributed by atoms with Gasteiger partial charge in [0.05, 0.1) is 18.1 Å². The van der Waals surface area contributed by atoms with E-state index in [0.29, 0.717) is 0 Å². The van der Waals surface area contributed by atoms with Crippen LogP contribution in [0.4, 0.5) is 0 Å². The van der Waals surface area contributed by atoms with Gasteiger partial charge in [-0.3, -0.25) is 4.98 Å². The molecule has 0 unspecified atom stereocenters. The lowest BCUT2D eigenvalue weighted by Crippen LogP contribution is -1.81. The van der Waals surface area contributed by atoms with Gasteiger partial charge in [0.15, 0.2) is 0 Å². The van der Waals surface area contributed by atoms with Crippen molar-refractivity contribution >= 4 is 21.9 Å². The van der Waals surface area contributed by atoms with Gasteiger partial charge in [0.2, 0.25) is 0 Å². The van der Waals surface area contributed by atoms with Crippen LogP contribution in [-0.2, 0) is 0 Å². The summed E-state index contributed by atoms with van der Waals surface area (Å²) in [5.41, 5.74) is 3.14. The van der Waals surface area contributed by atoms with Gasteiger partial charge < -0.3 is 9.72 Å². The molecule has 0 radical (unpaired) electrons. The molecule has 0 bridgehead atoms. The van der Waals surface area contributed by atoms with E-state index in [1.807, 2.05) is 30.3 Å². The lowest BCUT2D eigenvalue weighted by molar-refractivity contribution is 0.415. The Hall–Kier alpha value is -2.03. The van der Waals surface area contributed by atoms with Crippen molar-refractivity contribution in [2.45, 2.75) is 0 Å². The van der Waals surface area contributed by atoms with Crippen molar-refractivity contribution in [3.8, 4) is 5.75 Å². The zero-order valence-electron chi connectivity index (χ0n) is 8.32. The van der Waals surface area contributed by atoms with Gasteiger partial charge in [0.1, 0.15) is 5.75 Å². The third kappa shape index (κ3) is 1.16. The number of aromatic amines is 1. The van der Waals surface area contributed by atoms with Crippen molar-refractivity contribution in [1.82, 2.24) is 9.97 Å². The predicted octanol–water partition coefficient (Wildman–Crippen LogP) is 2.72. The van der Waals surface area contributed by atoms with Crippen LogP contribution in [0, 0.1) is 0 Å². The van der Waals surface area contributed by atoms with Crippen LogP contribution in [0.3, 0.4) is 0 Å². The molecule has 0 saturated carbocycles. The summed E-state index contributed by atoms with van der Waals surface area (Å²) >= 11 is 0. The molecule has 3 nitrogen and oxygen atoms in total. The van der Waals surface area contributed by atoms with Crippen molar-refractivity contribution in [3.63, 3.8) is 0 Å². The van der Waals surface area contributed by atoms with Gasteiger partial charge in [0.25, 0.3) is 0 Å². The number of benzene rings is 1. The number of rotatable bonds is 1. The van der Waals surface area contributed by atoms with Crippen LogP contribution in [0.1, 0.15) is 0 Å². The fraction of sp³-hybridized carbons (Fsp3) is 0.0833. The van der Waals surface area contributed by atoms with Gasteiger partial charge in [-0.2, -0.15) is 0 Å². The molecule has 15 heavy (non-hydrogen) atoms. The van der Waals surface area contributed by atoms with Gasteiger partial charge in [-0.25, -0.2) is 0 Å².